The molecule has 0 atom stereocenters. The lowest BCUT2D eigenvalue weighted by atomic mass is 10.1. The van der Waals surface area contributed by atoms with Crippen LogP contribution in [-0.2, 0) is 19.4 Å². The highest BCUT2D eigenvalue weighted by Crippen LogP contribution is 2.35. The molecule has 0 bridgehead atoms. The molecule has 0 saturated heterocycles. The largest absolute Gasteiger partial charge is 0.473 e. The third kappa shape index (κ3) is 5.13. The molecule has 0 radical (unpaired) electrons. The van der Waals surface area contributed by atoms with Crippen LogP contribution in [0.25, 0.3) is 10.4 Å². The van der Waals surface area contributed by atoms with E-state index in [4.69, 9.17) is 4.74 Å². The van der Waals surface area contributed by atoms with Gasteiger partial charge in [0.15, 0.2) is 0 Å². The second-order valence-corrected chi connectivity index (χ2v) is 8.08. The molecule has 2 heterocycles. The first-order valence-electron chi connectivity index (χ1n) is 9.06. The van der Waals surface area contributed by atoms with Crippen molar-refractivity contribution in [3.63, 3.8) is 0 Å². The standard InChI is InChI=1S/C21H21F3N2O2S/c1-12(2)20-25-13(3)8-19(26-20)28-11-15-9-17(29-18(15)10-27)14-4-6-16(7-5-14)21(22,23)24/h4-9,12,27H,10-11H2,1-3H3. The molecule has 0 amide bonds. The summed E-state index contributed by atoms with van der Waals surface area (Å²) < 4.78 is 44.1. The average Bonchev–Trinajstić information content (AvgIpc) is 3.08. The molecule has 0 unspecified atom stereocenters. The van der Waals surface area contributed by atoms with Gasteiger partial charge in [-0.15, -0.1) is 11.3 Å². The molecule has 154 valence electrons. The number of benzene rings is 1. The second kappa shape index (κ2) is 8.51. The van der Waals surface area contributed by atoms with Crippen molar-refractivity contribution in [2.24, 2.45) is 0 Å². The van der Waals surface area contributed by atoms with E-state index in [-0.39, 0.29) is 19.1 Å². The molecule has 0 aliphatic rings. The number of halogens is 3. The number of hydrogen-bond acceptors (Lipinski definition) is 5. The summed E-state index contributed by atoms with van der Waals surface area (Å²) in [4.78, 5) is 10.3. The molecular formula is C21H21F3N2O2S. The molecule has 4 nitrogen and oxygen atoms in total. The number of aryl methyl sites for hydroxylation is 1. The number of aliphatic hydroxyl groups is 1. The first-order chi connectivity index (χ1) is 13.7. The summed E-state index contributed by atoms with van der Waals surface area (Å²) in [6, 6.07) is 8.55. The monoisotopic (exact) mass is 422 g/mol. The predicted molar refractivity (Wildman–Crippen MR) is 106 cm³/mol. The van der Waals surface area contributed by atoms with Gasteiger partial charge in [-0.1, -0.05) is 26.0 Å². The van der Waals surface area contributed by atoms with Crippen LogP contribution in [0.3, 0.4) is 0 Å². The minimum atomic E-state index is -4.37. The number of rotatable bonds is 6. The van der Waals surface area contributed by atoms with Crippen LogP contribution in [0.1, 0.15) is 47.3 Å². The Morgan fingerprint density at radius 3 is 2.38 bits per heavy atom. The maximum Gasteiger partial charge on any atom is 0.416 e. The maximum atomic E-state index is 12.8. The van der Waals surface area contributed by atoms with E-state index in [2.05, 4.69) is 9.97 Å². The van der Waals surface area contributed by atoms with Crippen molar-refractivity contribution in [2.45, 2.75) is 46.1 Å². The summed E-state index contributed by atoms with van der Waals surface area (Å²) in [5.74, 6) is 1.31. The molecular weight excluding hydrogens is 401 g/mol. The topological polar surface area (TPSA) is 55.2 Å². The molecule has 0 spiro atoms. The zero-order chi connectivity index (χ0) is 21.2. The highest BCUT2D eigenvalue weighted by Gasteiger charge is 2.30. The Morgan fingerprint density at radius 1 is 1.10 bits per heavy atom. The van der Waals surface area contributed by atoms with Crippen molar-refractivity contribution in [1.82, 2.24) is 9.97 Å². The number of thiophene rings is 1. The van der Waals surface area contributed by atoms with E-state index in [0.29, 0.717) is 22.1 Å². The van der Waals surface area contributed by atoms with Gasteiger partial charge in [0.25, 0.3) is 0 Å². The molecule has 0 saturated carbocycles. The van der Waals surface area contributed by atoms with Crippen LogP contribution in [0.4, 0.5) is 13.2 Å². The lowest BCUT2D eigenvalue weighted by Crippen LogP contribution is -2.04. The molecule has 1 aromatic carbocycles. The Balaban J connectivity index is 1.80. The van der Waals surface area contributed by atoms with Crippen molar-refractivity contribution in [2.75, 3.05) is 0 Å². The fourth-order valence-corrected chi connectivity index (χ4v) is 3.77. The SMILES string of the molecule is Cc1cc(OCc2cc(-c3ccc(C(F)(F)F)cc3)sc2CO)nc(C(C)C)n1. The van der Waals surface area contributed by atoms with E-state index in [9.17, 15) is 18.3 Å². The van der Waals surface area contributed by atoms with Gasteiger partial charge in [-0.25, -0.2) is 4.98 Å². The van der Waals surface area contributed by atoms with Crippen LogP contribution in [0.2, 0.25) is 0 Å². The van der Waals surface area contributed by atoms with Crippen LogP contribution in [0.5, 0.6) is 5.88 Å². The van der Waals surface area contributed by atoms with Crippen LogP contribution in [0, 0.1) is 6.92 Å². The fourth-order valence-electron chi connectivity index (χ4n) is 2.73. The van der Waals surface area contributed by atoms with E-state index in [1.165, 1.54) is 23.5 Å². The van der Waals surface area contributed by atoms with Crippen LogP contribution >= 0.6 is 11.3 Å². The predicted octanol–water partition coefficient (Wildman–Crippen LogP) is 5.73. The van der Waals surface area contributed by atoms with Crippen molar-refractivity contribution >= 4 is 11.3 Å². The molecule has 0 aliphatic heterocycles. The molecule has 3 aromatic rings. The second-order valence-electron chi connectivity index (χ2n) is 6.94. The van der Waals surface area contributed by atoms with Gasteiger partial charge >= 0.3 is 6.18 Å². The zero-order valence-electron chi connectivity index (χ0n) is 16.2. The summed E-state index contributed by atoms with van der Waals surface area (Å²) in [5, 5.41) is 9.67. The van der Waals surface area contributed by atoms with Crippen molar-refractivity contribution < 1.29 is 23.0 Å². The summed E-state index contributed by atoms with van der Waals surface area (Å²) >= 11 is 1.33. The molecule has 29 heavy (non-hydrogen) atoms. The lowest BCUT2D eigenvalue weighted by molar-refractivity contribution is -0.137. The average molecular weight is 422 g/mol. The number of aromatic nitrogens is 2. The number of ether oxygens (including phenoxy) is 1. The molecule has 2 aromatic heterocycles. The van der Waals surface area contributed by atoms with E-state index in [1.807, 2.05) is 26.8 Å². The lowest BCUT2D eigenvalue weighted by Gasteiger charge is -2.10. The summed E-state index contributed by atoms with van der Waals surface area (Å²) in [6.45, 7) is 5.88. The van der Waals surface area contributed by atoms with E-state index in [1.54, 1.807) is 6.07 Å². The summed E-state index contributed by atoms with van der Waals surface area (Å²) in [5.41, 5.74) is 1.54. The van der Waals surface area contributed by atoms with Gasteiger partial charge in [-0.2, -0.15) is 18.2 Å². The molecule has 8 heteroatoms. The van der Waals surface area contributed by atoms with Gasteiger partial charge in [0.2, 0.25) is 5.88 Å². The molecule has 1 N–H and O–H groups in total. The third-order valence-electron chi connectivity index (χ3n) is 4.28. The number of alkyl halides is 3. The highest BCUT2D eigenvalue weighted by atomic mass is 32.1. The van der Waals surface area contributed by atoms with E-state index in [0.717, 1.165) is 28.3 Å². The normalized spacial score (nSPS) is 11.9. The van der Waals surface area contributed by atoms with Crippen molar-refractivity contribution in [1.29, 1.82) is 0 Å². The minimum Gasteiger partial charge on any atom is -0.473 e. The van der Waals surface area contributed by atoms with Gasteiger partial charge in [0, 0.05) is 33.0 Å². The first kappa shape index (κ1) is 21.3. The quantitative estimate of drug-likeness (QED) is 0.551. The van der Waals surface area contributed by atoms with Gasteiger partial charge < -0.3 is 9.84 Å². The van der Waals surface area contributed by atoms with Crippen LogP contribution in [-0.4, -0.2) is 15.1 Å². The summed E-state index contributed by atoms with van der Waals surface area (Å²) in [6.07, 6.45) is -4.37. The Labute approximate surface area is 171 Å². The van der Waals surface area contributed by atoms with Crippen LogP contribution in [0.15, 0.2) is 36.4 Å². The fraction of sp³-hybridized carbons (Fsp3) is 0.333. The Hall–Kier alpha value is -2.45. The van der Waals surface area contributed by atoms with Gasteiger partial charge in [0.1, 0.15) is 12.4 Å². The van der Waals surface area contributed by atoms with Crippen molar-refractivity contribution in [3.8, 4) is 16.3 Å². The zero-order valence-corrected chi connectivity index (χ0v) is 17.1. The third-order valence-corrected chi connectivity index (χ3v) is 5.49. The molecule has 3 rings (SSSR count). The highest BCUT2D eigenvalue weighted by molar-refractivity contribution is 7.15. The first-order valence-corrected chi connectivity index (χ1v) is 9.87. The number of hydrogen-bond donors (Lipinski definition) is 1. The molecule has 0 fully saturated rings. The molecule has 0 aliphatic carbocycles. The van der Waals surface area contributed by atoms with E-state index >= 15 is 0 Å². The minimum absolute atomic E-state index is 0.165. The Morgan fingerprint density at radius 2 is 1.79 bits per heavy atom. The number of nitrogens with zero attached hydrogens (tertiary/aromatic N) is 2. The van der Waals surface area contributed by atoms with E-state index < -0.39 is 11.7 Å². The Kier molecular flexibility index (Phi) is 6.24. The van der Waals surface area contributed by atoms with Crippen LogP contribution < -0.4 is 4.74 Å². The van der Waals surface area contributed by atoms with Gasteiger partial charge in [0.05, 0.1) is 12.2 Å². The van der Waals surface area contributed by atoms with Gasteiger partial charge in [-0.3, -0.25) is 0 Å². The maximum absolute atomic E-state index is 12.8. The summed E-state index contributed by atoms with van der Waals surface area (Å²) in [7, 11) is 0. The van der Waals surface area contributed by atoms with Crippen molar-refractivity contribution in [3.05, 3.63) is 63.9 Å². The smallest absolute Gasteiger partial charge is 0.416 e. The van der Waals surface area contributed by atoms with Gasteiger partial charge in [-0.05, 0) is 30.7 Å². The Bertz CT molecular complexity index is 983. The number of aliphatic hydroxyl groups excluding tert-OH is 1.